The van der Waals surface area contributed by atoms with Crippen molar-refractivity contribution in [2.75, 3.05) is 32.4 Å². The van der Waals surface area contributed by atoms with E-state index in [0.717, 1.165) is 32.6 Å². The van der Waals surface area contributed by atoms with E-state index in [1.54, 1.807) is 0 Å². The highest BCUT2D eigenvalue weighted by atomic mass is 32.2. The normalized spacial score (nSPS) is 29.9. The molecule has 1 atom stereocenters. The second kappa shape index (κ2) is 4.27. The van der Waals surface area contributed by atoms with Crippen LogP contribution in [0.5, 0.6) is 0 Å². The van der Waals surface area contributed by atoms with Crippen LogP contribution < -0.4 is 0 Å². The van der Waals surface area contributed by atoms with Crippen molar-refractivity contribution in [2.24, 2.45) is 0 Å². The van der Waals surface area contributed by atoms with Gasteiger partial charge < -0.3 is 0 Å². The third-order valence-corrected chi connectivity index (χ3v) is 5.51. The quantitative estimate of drug-likeness (QED) is 0.713. The van der Waals surface area contributed by atoms with Gasteiger partial charge in [-0.2, -0.15) is 0 Å². The van der Waals surface area contributed by atoms with E-state index in [4.69, 9.17) is 0 Å². The van der Waals surface area contributed by atoms with Gasteiger partial charge in [0.25, 0.3) is 0 Å². The molecule has 0 saturated carbocycles. The summed E-state index contributed by atoms with van der Waals surface area (Å²) in [4.78, 5) is 4.78. The first-order chi connectivity index (χ1) is 7.38. The van der Waals surface area contributed by atoms with Gasteiger partial charge in [0.15, 0.2) is 9.84 Å². The van der Waals surface area contributed by atoms with Crippen LogP contribution in [0.1, 0.15) is 20.3 Å². The van der Waals surface area contributed by atoms with Crippen molar-refractivity contribution in [1.82, 2.24) is 9.80 Å². The monoisotopic (exact) mass is 246 g/mol. The molecule has 5 heteroatoms. The van der Waals surface area contributed by atoms with Crippen LogP contribution in [0, 0.1) is 0 Å². The van der Waals surface area contributed by atoms with E-state index in [1.165, 1.54) is 6.26 Å². The van der Waals surface area contributed by atoms with Gasteiger partial charge in [-0.1, -0.05) is 0 Å². The fourth-order valence-corrected chi connectivity index (χ4v) is 3.57. The third kappa shape index (κ3) is 2.41. The van der Waals surface area contributed by atoms with Crippen molar-refractivity contribution in [2.45, 2.75) is 37.6 Å². The van der Waals surface area contributed by atoms with Crippen LogP contribution in [0.4, 0.5) is 0 Å². The lowest BCUT2D eigenvalue weighted by molar-refractivity contribution is 0.0260. The van der Waals surface area contributed by atoms with Gasteiger partial charge in [-0.25, -0.2) is 8.42 Å². The molecule has 0 aromatic heterocycles. The fraction of sp³-hybridized carbons (Fsp3) is 1.00. The van der Waals surface area contributed by atoms with Gasteiger partial charge in [0.1, 0.15) is 0 Å². The van der Waals surface area contributed by atoms with Gasteiger partial charge in [-0.3, -0.25) is 9.80 Å². The van der Waals surface area contributed by atoms with E-state index in [0.29, 0.717) is 12.1 Å². The summed E-state index contributed by atoms with van der Waals surface area (Å²) < 4.78 is 22.9. The van der Waals surface area contributed by atoms with Crippen molar-refractivity contribution in [3.05, 3.63) is 0 Å². The highest BCUT2D eigenvalue weighted by molar-refractivity contribution is 7.91. The highest BCUT2D eigenvalue weighted by Crippen LogP contribution is 2.24. The molecule has 0 N–H and O–H groups in total. The number of likely N-dealkylation sites (tertiary alicyclic amines) is 2. The second-order valence-electron chi connectivity index (χ2n) is 5.44. The molecule has 2 saturated heterocycles. The molecule has 2 aliphatic rings. The standard InChI is InChI=1S/C11H22N2O2S/c1-9(2)13-6-10(7-13)12-5-4-11(8-12)16(3,14)15/h9-11H,4-8H2,1-3H3/t11-/m1/s1. The van der Waals surface area contributed by atoms with E-state index >= 15 is 0 Å². The third-order valence-electron chi connectivity index (χ3n) is 3.92. The van der Waals surface area contributed by atoms with Crippen molar-refractivity contribution in [3.8, 4) is 0 Å². The highest BCUT2D eigenvalue weighted by Gasteiger charge is 2.39. The molecule has 94 valence electrons. The van der Waals surface area contributed by atoms with Crippen LogP contribution in [0.2, 0.25) is 0 Å². The molecule has 0 unspecified atom stereocenters. The molecule has 0 aromatic rings. The first-order valence-electron chi connectivity index (χ1n) is 6.05. The zero-order valence-electron chi connectivity index (χ0n) is 10.4. The molecule has 2 fully saturated rings. The molecular formula is C11H22N2O2S. The summed E-state index contributed by atoms with van der Waals surface area (Å²) in [7, 11) is -2.84. The minimum Gasteiger partial charge on any atom is -0.298 e. The Morgan fingerprint density at radius 2 is 1.81 bits per heavy atom. The molecule has 0 aromatic carbocycles. The van der Waals surface area contributed by atoms with E-state index in [1.807, 2.05) is 0 Å². The number of hydrogen-bond donors (Lipinski definition) is 0. The Morgan fingerprint density at radius 1 is 1.19 bits per heavy atom. The largest absolute Gasteiger partial charge is 0.298 e. The van der Waals surface area contributed by atoms with Gasteiger partial charge in [0.05, 0.1) is 5.25 Å². The fourth-order valence-electron chi connectivity index (χ4n) is 2.58. The van der Waals surface area contributed by atoms with Crippen LogP contribution in [0.3, 0.4) is 0 Å². The van der Waals surface area contributed by atoms with Crippen molar-refractivity contribution in [3.63, 3.8) is 0 Å². The zero-order valence-corrected chi connectivity index (χ0v) is 11.2. The maximum Gasteiger partial charge on any atom is 0.151 e. The van der Waals surface area contributed by atoms with Crippen molar-refractivity contribution >= 4 is 9.84 Å². The van der Waals surface area contributed by atoms with Gasteiger partial charge in [0.2, 0.25) is 0 Å². The summed E-state index contributed by atoms with van der Waals surface area (Å²) in [5.74, 6) is 0. The Balaban J connectivity index is 1.83. The maximum absolute atomic E-state index is 11.4. The first-order valence-corrected chi connectivity index (χ1v) is 8.00. The molecule has 16 heavy (non-hydrogen) atoms. The number of nitrogens with zero attached hydrogens (tertiary/aromatic N) is 2. The minimum absolute atomic E-state index is 0.124. The molecule has 0 spiro atoms. The molecule has 2 aliphatic heterocycles. The maximum atomic E-state index is 11.4. The van der Waals surface area contributed by atoms with Crippen LogP contribution in [-0.4, -0.2) is 68.0 Å². The van der Waals surface area contributed by atoms with Crippen LogP contribution >= 0.6 is 0 Å². The molecule has 0 radical (unpaired) electrons. The van der Waals surface area contributed by atoms with Crippen LogP contribution in [0.25, 0.3) is 0 Å². The molecule has 2 heterocycles. The second-order valence-corrected chi connectivity index (χ2v) is 7.76. The van der Waals surface area contributed by atoms with Gasteiger partial charge in [-0.15, -0.1) is 0 Å². The first kappa shape index (κ1) is 12.3. The average molecular weight is 246 g/mol. The molecule has 2 rings (SSSR count). The molecule has 4 nitrogen and oxygen atoms in total. The lowest BCUT2D eigenvalue weighted by Crippen LogP contribution is -2.60. The van der Waals surface area contributed by atoms with Crippen molar-refractivity contribution < 1.29 is 8.42 Å². The van der Waals surface area contributed by atoms with E-state index in [-0.39, 0.29) is 5.25 Å². The smallest absolute Gasteiger partial charge is 0.151 e. The predicted octanol–water partition coefficient (Wildman–Crippen LogP) is 0.198. The van der Waals surface area contributed by atoms with Gasteiger partial charge >= 0.3 is 0 Å². The number of hydrogen-bond acceptors (Lipinski definition) is 4. The van der Waals surface area contributed by atoms with Crippen LogP contribution in [-0.2, 0) is 9.84 Å². The number of sulfone groups is 1. The predicted molar refractivity (Wildman–Crippen MR) is 65.3 cm³/mol. The Hall–Kier alpha value is -0.130. The molecule has 0 amide bonds. The summed E-state index contributed by atoms with van der Waals surface area (Å²) >= 11 is 0. The average Bonchev–Trinajstić information content (AvgIpc) is 2.47. The summed E-state index contributed by atoms with van der Waals surface area (Å²) in [6.45, 7) is 8.32. The Kier molecular flexibility index (Phi) is 3.29. The van der Waals surface area contributed by atoms with E-state index < -0.39 is 9.84 Å². The topological polar surface area (TPSA) is 40.6 Å². The Labute approximate surface area is 98.5 Å². The summed E-state index contributed by atoms with van der Waals surface area (Å²) in [6, 6.07) is 1.21. The summed E-state index contributed by atoms with van der Waals surface area (Å²) in [5.41, 5.74) is 0. The van der Waals surface area contributed by atoms with Crippen molar-refractivity contribution in [1.29, 1.82) is 0 Å². The Morgan fingerprint density at radius 3 is 2.25 bits per heavy atom. The van der Waals surface area contributed by atoms with Crippen LogP contribution in [0.15, 0.2) is 0 Å². The van der Waals surface area contributed by atoms with Gasteiger partial charge in [-0.05, 0) is 26.8 Å². The lowest BCUT2D eigenvalue weighted by atomic mass is 10.1. The van der Waals surface area contributed by atoms with Gasteiger partial charge in [0, 0.05) is 38.0 Å². The minimum atomic E-state index is -2.84. The lowest BCUT2D eigenvalue weighted by Gasteiger charge is -2.46. The summed E-state index contributed by atoms with van der Waals surface area (Å²) in [6.07, 6.45) is 2.18. The molecule has 0 aliphatic carbocycles. The Bertz CT molecular complexity index is 347. The SMILES string of the molecule is CC(C)N1CC(N2CC[C@@H](S(C)(=O)=O)C2)C1. The molecule has 0 bridgehead atoms. The van der Waals surface area contributed by atoms with E-state index in [9.17, 15) is 8.42 Å². The zero-order chi connectivity index (χ0) is 11.9. The number of rotatable bonds is 3. The molecular weight excluding hydrogens is 224 g/mol. The van der Waals surface area contributed by atoms with E-state index in [2.05, 4.69) is 23.6 Å². The summed E-state index contributed by atoms with van der Waals surface area (Å²) in [5, 5.41) is -0.124.